The lowest BCUT2D eigenvalue weighted by Gasteiger charge is -2.05. The second-order valence-corrected chi connectivity index (χ2v) is 3.39. The SMILES string of the molecule is CCCCCCNc1nnccc1C#N. The highest BCUT2D eigenvalue weighted by Gasteiger charge is 2.01. The van der Waals surface area contributed by atoms with Crippen molar-refractivity contribution in [3.63, 3.8) is 0 Å². The average molecular weight is 204 g/mol. The van der Waals surface area contributed by atoms with Gasteiger partial charge in [-0.1, -0.05) is 26.2 Å². The first-order chi connectivity index (χ1) is 7.38. The highest BCUT2D eigenvalue weighted by molar-refractivity contribution is 5.49. The lowest BCUT2D eigenvalue weighted by Crippen LogP contribution is -2.05. The minimum Gasteiger partial charge on any atom is -0.367 e. The topological polar surface area (TPSA) is 61.6 Å². The zero-order valence-corrected chi connectivity index (χ0v) is 9.03. The second kappa shape index (κ2) is 6.77. The van der Waals surface area contributed by atoms with Crippen LogP contribution in [-0.4, -0.2) is 16.7 Å². The van der Waals surface area contributed by atoms with Crippen LogP contribution in [0.5, 0.6) is 0 Å². The smallest absolute Gasteiger partial charge is 0.166 e. The number of hydrogen-bond donors (Lipinski definition) is 1. The van der Waals surface area contributed by atoms with Crippen LogP contribution < -0.4 is 5.32 Å². The summed E-state index contributed by atoms with van der Waals surface area (Å²) in [6, 6.07) is 3.75. The van der Waals surface area contributed by atoms with Gasteiger partial charge in [0.15, 0.2) is 5.82 Å². The van der Waals surface area contributed by atoms with Crippen molar-refractivity contribution in [2.45, 2.75) is 32.6 Å². The van der Waals surface area contributed by atoms with E-state index in [1.165, 1.54) is 25.5 Å². The summed E-state index contributed by atoms with van der Waals surface area (Å²) in [5.74, 6) is 0.594. The van der Waals surface area contributed by atoms with E-state index < -0.39 is 0 Å². The van der Waals surface area contributed by atoms with Crippen LogP contribution >= 0.6 is 0 Å². The molecule has 0 bridgehead atoms. The zero-order chi connectivity index (χ0) is 10.9. The van der Waals surface area contributed by atoms with Gasteiger partial charge in [0.25, 0.3) is 0 Å². The van der Waals surface area contributed by atoms with Gasteiger partial charge in [0.05, 0.1) is 11.8 Å². The number of rotatable bonds is 6. The molecule has 0 amide bonds. The van der Waals surface area contributed by atoms with Gasteiger partial charge in [-0.25, -0.2) is 0 Å². The minimum atomic E-state index is 0.556. The summed E-state index contributed by atoms with van der Waals surface area (Å²) >= 11 is 0. The third kappa shape index (κ3) is 3.94. The van der Waals surface area contributed by atoms with Gasteiger partial charge in [0.1, 0.15) is 6.07 Å². The van der Waals surface area contributed by atoms with Crippen molar-refractivity contribution in [2.75, 3.05) is 11.9 Å². The number of hydrogen-bond acceptors (Lipinski definition) is 4. The van der Waals surface area contributed by atoms with Gasteiger partial charge in [-0.05, 0) is 12.5 Å². The van der Waals surface area contributed by atoms with E-state index >= 15 is 0 Å². The van der Waals surface area contributed by atoms with Gasteiger partial charge in [0.2, 0.25) is 0 Å². The van der Waals surface area contributed by atoms with E-state index in [-0.39, 0.29) is 0 Å². The summed E-state index contributed by atoms with van der Waals surface area (Å²) in [4.78, 5) is 0. The molecular formula is C11H16N4. The molecule has 0 fully saturated rings. The van der Waals surface area contributed by atoms with E-state index in [0.29, 0.717) is 11.4 Å². The van der Waals surface area contributed by atoms with E-state index in [2.05, 4.69) is 28.5 Å². The normalized spacial score (nSPS) is 9.60. The summed E-state index contributed by atoms with van der Waals surface area (Å²) in [6.45, 7) is 3.04. The van der Waals surface area contributed by atoms with Crippen molar-refractivity contribution in [3.05, 3.63) is 17.8 Å². The van der Waals surface area contributed by atoms with Crippen LogP contribution in [0.1, 0.15) is 38.2 Å². The molecule has 0 aliphatic heterocycles. The van der Waals surface area contributed by atoms with E-state index in [9.17, 15) is 0 Å². The first-order valence-corrected chi connectivity index (χ1v) is 5.34. The molecule has 0 aliphatic rings. The molecule has 0 aliphatic carbocycles. The molecule has 1 aromatic heterocycles. The van der Waals surface area contributed by atoms with Crippen molar-refractivity contribution in [1.29, 1.82) is 5.26 Å². The Morgan fingerprint density at radius 2 is 2.27 bits per heavy atom. The van der Waals surface area contributed by atoms with Crippen LogP contribution in [0.25, 0.3) is 0 Å². The van der Waals surface area contributed by atoms with Crippen molar-refractivity contribution in [1.82, 2.24) is 10.2 Å². The minimum absolute atomic E-state index is 0.556. The molecule has 4 heteroatoms. The summed E-state index contributed by atoms with van der Waals surface area (Å²) in [5.41, 5.74) is 0.556. The summed E-state index contributed by atoms with van der Waals surface area (Å²) < 4.78 is 0. The Bertz CT molecular complexity index is 330. The van der Waals surface area contributed by atoms with Crippen molar-refractivity contribution >= 4 is 5.82 Å². The Labute approximate surface area is 90.3 Å². The molecule has 0 spiro atoms. The molecule has 1 heterocycles. The maximum atomic E-state index is 8.80. The van der Waals surface area contributed by atoms with E-state index in [1.807, 2.05) is 0 Å². The third-order valence-electron chi connectivity index (χ3n) is 2.16. The standard InChI is InChI=1S/C11H16N4/c1-2-3-4-5-7-13-11-10(9-12)6-8-14-15-11/h6,8H,2-5,7H2,1H3,(H,13,15). The summed E-state index contributed by atoms with van der Waals surface area (Å²) in [7, 11) is 0. The van der Waals surface area contributed by atoms with Gasteiger partial charge < -0.3 is 5.32 Å². The van der Waals surface area contributed by atoms with Gasteiger partial charge in [-0.3, -0.25) is 0 Å². The Hall–Kier alpha value is -1.63. The van der Waals surface area contributed by atoms with Crippen LogP contribution in [0.3, 0.4) is 0 Å². The predicted octanol–water partition coefficient (Wildman–Crippen LogP) is 2.34. The van der Waals surface area contributed by atoms with Gasteiger partial charge in [-0.2, -0.15) is 10.4 Å². The molecule has 0 radical (unpaired) electrons. The molecule has 0 atom stereocenters. The largest absolute Gasteiger partial charge is 0.367 e. The Morgan fingerprint density at radius 1 is 1.40 bits per heavy atom. The van der Waals surface area contributed by atoms with Crippen LogP contribution in [-0.2, 0) is 0 Å². The summed E-state index contributed by atoms with van der Waals surface area (Å²) in [6.07, 6.45) is 6.34. The fraction of sp³-hybridized carbons (Fsp3) is 0.545. The molecular weight excluding hydrogens is 188 g/mol. The van der Waals surface area contributed by atoms with E-state index in [1.54, 1.807) is 6.07 Å². The predicted molar refractivity (Wildman–Crippen MR) is 59.4 cm³/mol. The molecule has 1 rings (SSSR count). The Balaban J connectivity index is 2.34. The molecule has 0 saturated heterocycles. The van der Waals surface area contributed by atoms with Crippen LogP contribution in [0, 0.1) is 11.3 Å². The fourth-order valence-corrected chi connectivity index (χ4v) is 1.31. The van der Waals surface area contributed by atoms with Crippen LogP contribution in [0.4, 0.5) is 5.82 Å². The maximum absolute atomic E-state index is 8.80. The lowest BCUT2D eigenvalue weighted by molar-refractivity contribution is 0.683. The number of unbranched alkanes of at least 4 members (excludes halogenated alkanes) is 3. The quantitative estimate of drug-likeness (QED) is 0.722. The average Bonchev–Trinajstić information content (AvgIpc) is 2.29. The molecule has 0 saturated carbocycles. The highest BCUT2D eigenvalue weighted by atomic mass is 15.2. The van der Waals surface area contributed by atoms with Gasteiger partial charge >= 0.3 is 0 Å². The number of aromatic nitrogens is 2. The van der Waals surface area contributed by atoms with Gasteiger partial charge in [0, 0.05) is 6.54 Å². The number of anilines is 1. The number of nitrogens with one attached hydrogen (secondary N) is 1. The van der Waals surface area contributed by atoms with Crippen molar-refractivity contribution in [2.24, 2.45) is 0 Å². The van der Waals surface area contributed by atoms with E-state index in [0.717, 1.165) is 13.0 Å². The number of nitrogens with zero attached hydrogens (tertiary/aromatic N) is 3. The zero-order valence-electron chi connectivity index (χ0n) is 9.03. The Kier molecular flexibility index (Phi) is 5.16. The number of nitriles is 1. The maximum Gasteiger partial charge on any atom is 0.166 e. The fourth-order valence-electron chi connectivity index (χ4n) is 1.31. The monoisotopic (exact) mass is 204 g/mol. The highest BCUT2D eigenvalue weighted by Crippen LogP contribution is 2.08. The molecule has 1 N–H and O–H groups in total. The van der Waals surface area contributed by atoms with E-state index in [4.69, 9.17) is 5.26 Å². The first kappa shape index (κ1) is 11.4. The van der Waals surface area contributed by atoms with Gasteiger partial charge in [-0.15, -0.1) is 5.10 Å². The third-order valence-corrected chi connectivity index (χ3v) is 2.16. The van der Waals surface area contributed by atoms with Crippen molar-refractivity contribution < 1.29 is 0 Å². The molecule has 80 valence electrons. The lowest BCUT2D eigenvalue weighted by atomic mass is 10.2. The molecule has 1 aromatic rings. The summed E-state index contributed by atoms with van der Waals surface area (Å²) in [5, 5.41) is 19.6. The van der Waals surface area contributed by atoms with Crippen LogP contribution in [0.15, 0.2) is 12.3 Å². The molecule has 4 nitrogen and oxygen atoms in total. The molecule has 0 unspecified atom stereocenters. The first-order valence-electron chi connectivity index (χ1n) is 5.34. The molecule has 15 heavy (non-hydrogen) atoms. The van der Waals surface area contributed by atoms with Crippen LogP contribution in [0.2, 0.25) is 0 Å². The second-order valence-electron chi connectivity index (χ2n) is 3.39. The Morgan fingerprint density at radius 3 is 3.00 bits per heavy atom. The molecule has 0 aromatic carbocycles. The van der Waals surface area contributed by atoms with Crippen molar-refractivity contribution in [3.8, 4) is 6.07 Å².